The number of hydrogen-bond donors (Lipinski definition) is 2. The second kappa shape index (κ2) is 7.85. The zero-order valence-corrected chi connectivity index (χ0v) is 13.9. The molecule has 2 aromatic rings. The zero-order valence-electron chi connectivity index (χ0n) is 12.3. The van der Waals surface area contributed by atoms with Gasteiger partial charge in [-0.15, -0.1) is 31.4 Å². The third kappa shape index (κ3) is 3.43. The summed E-state index contributed by atoms with van der Waals surface area (Å²) in [5.41, 5.74) is 3.86. The van der Waals surface area contributed by atoms with Gasteiger partial charge in [0, 0.05) is 48.3 Å². The molecule has 116 valence electrons. The number of fused-ring (bicyclic) bond motifs is 1. The highest BCUT2D eigenvalue weighted by atomic mass is 35.5. The Morgan fingerprint density at radius 2 is 1.86 bits per heavy atom. The predicted molar refractivity (Wildman–Crippen MR) is 94.9 cm³/mol. The van der Waals surface area contributed by atoms with Crippen LogP contribution in [0.4, 0.5) is 0 Å². The Hall–Kier alpha value is -1.000. The number of rotatable bonds is 3. The maximum Gasteiger partial charge on any atom is 0.0553 e. The quantitative estimate of drug-likeness (QED) is 0.846. The molecule has 21 heavy (non-hydrogen) atoms. The van der Waals surface area contributed by atoms with Gasteiger partial charge in [-0.2, -0.15) is 0 Å². The average Bonchev–Trinajstić information content (AvgIpc) is 2.78. The number of hydrogen-bond acceptors (Lipinski definition) is 2. The summed E-state index contributed by atoms with van der Waals surface area (Å²) in [7, 11) is 0. The standard InChI is InChI=1S/C16H21N3.2ClH/c1-3-15(19-10-8-17-9-11-19)16-12(2)18-14-7-5-4-6-13(14)16;;/h3-7,15,17-18H,1,8-11H2,2H3;2*1H/t15-;;/m0../s1. The van der Waals surface area contributed by atoms with Crippen LogP contribution in [0, 0.1) is 6.92 Å². The fraction of sp³-hybridized carbons (Fsp3) is 0.375. The van der Waals surface area contributed by atoms with E-state index in [0.717, 1.165) is 26.2 Å². The fourth-order valence-electron chi connectivity index (χ4n) is 3.09. The van der Waals surface area contributed by atoms with E-state index in [9.17, 15) is 0 Å². The summed E-state index contributed by atoms with van der Waals surface area (Å²) in [6.07, 6.45) is 2.08. The van der Waals surface area contributed by atoms with Gasteiger partial charge >= 0.3 is 0 Å². The molecule has 1 aromatic heterocycles. The molecule has 1 aromatic carbocycles. The van der Waals surface area contributed by atoms with Crippen LogP contribution in [0.1, 0.15) is 17.3 Å². The smallest absolute Gasteiger partial charge is 0.0553 e. The molecule has 0 radical (unpaired) electrons. The monoisotopic (exact) mass is 327 g/mol. The Bertz CT molecular complexity index is 588. The minimum absolute atomic E-state index is 0. The molecule has 1 aliphatic heterocycles. The third-order valence-corrected chi connectivity index (χ3v) is 4.01. The highest BCUT2D eigenvalue weighted by Crippen LogP contribution is 2.32. The number of benzene rings is 1. The third-order valence-electron chi connectivity index (χ3n) is 4.01. The lowest BCUT2D eigenvalue weighted by atomic mass is 10.0. The van der Waals surface area contributed by atoms with Crippen LogP contribution in [-0.4, -0.2) is 36.1 Å². The molecule has 0 aliphatic carbocycles. The second-order valence-corrected chi connectivity index (χ2v) is 5.18. The lowest BCUT2D eigenvalue weighted by molar-refractivity contribution is 0.204. The van der Waals surface area contributed by atoms with Crippen molar-refractivity contribution in [1.82, 2.24) is 15.2 Å². The number of piperazine rings is 1. The SMILES string of the molecule is C=C[C@@H](c1c(C)[nH]c2ccccc12)N1CCNCC1.Cl.Cl. The van der Waals surface area contributed by atoms with Crippen molar-refractivity contribution in [3.63, 3.8) is 0 Å². The Morgan fingerprint density at radius 3 is 2.52 bits per heavy atom. The van der Waals surface area contributed by atoms with Gasteiger partial charge in [0.2, 0.25) is 0 Å². The molecule has 0 unspecified atom stereocenters. The van der Waals surface area contributed by atoms with Crippen molar-refractivity contribution in [2.75, 3.05) is 26.2 Å². The summed E-state index contributed by atoms with van der Waals surface area (Å²) in [6, 6.07) is 8.84. The Kier molecular flexibility index (Phi) is 6.75. The molecule has 2 N–H and O–H groups in total. The van der Waals surface area contributed by atoms with Gasteiger partial charge in [-0.25, -0.2) is 0 Å². The minimum atomic E-state index is 0. The van der Waals surface area contributed by atoms with Crippen molar-refractivity contribution in [1.29, 1.82) is 0 Å². The Morgan fingerprint density at radius 1 is 1.19 bits per heavy atom. The van der Waals surface area contributed by atoms with Crippen LogP contribution in [0.15, 0.2) is 36.9 Å². The first-order valence-corrected chi connectivity index (χ1v) is 6.96. The normalized spacial score (nSPS) is 16.8. The molecular weight excluding hydrogens is 305 g/mol. The van der Waals surface area contributed by atoms with Gasteiger partial charge in [0.25, 0.3) is 0 Å². The van der Waals surface area contributed by atoms with E-state index < -0.39 is 0 Å². The first-order valence-electron chi connectivity index (χ1n) is 6.96. The van der Waals surface area contributed by atoms with E-state index in [1.54, 1.807) is 0 Å². The van der Waals surface area contributed by atoms with Crippen LogP contribution in [0.2, 0.25) is 0 Å². The van der Waals surface area contributed by atoms with Crippen LogP contribution < -0.4 is 5.32 Å². The van der Waals surface area contributed by atoms with Crippen LogP contribution >= 0.6 is 24.8 Å². The van der Waals surface area contributed by atoms with Gasteiger partial charge in [-0.1, -0.05) is 24.3 Å². The van der Waals surface area contributed by atoms with E-state index in [1.165, 1.54) is 22.2 Å². The molecule has 1 atom stereocenters. The first kappa shape index (κ1) is 18.1. The summed E-state index contributed by atoms with van der Waals surface area (Å²) in [4.78, 5) is 6.00. The van der Waals surface area contributed by atoms with E-state index in [-0.39, 0.29) is 24.8 Å². The zero-order chi connectivity index (χ0) is 13.2. The molecule has 0 bridgehead atoms. The number of aryl methyl sites for hydroxylation is 1. The van der Waals surface area contributed by atoms with Crippen LogP contribution in [0.5, 0.6) is 0 Å². The van der Waals surface area contributed by atoms with Crippen molar-refractivity contribution in [2.45, 2.75) is 13.0 Å². The molecule has 3 nitrogen and oxygen atoms in total. The Labute approximate surface area is 138 Å². The molecule has 0 saturated carbocycles. The molecule has 0 amide bonds. The number of para-hydroxylation sites is 1. The maximum atomic E-state index is 4.06. The summed E-state index contributed by atoms with van der Waals surface area (Å²) in [5, 5.41) is 4.73. The van der Waals surface area contributed by atoms with Gasteiger partial charge in [0.15, 0.2) is 0 Å². The molecule has 1 fully saturated rings. The molecule has 0 spiro atoms. The van der Waals surface area contributed by atoms with Crippen molar-refractivity contribution >= 4 is 35.7 Å². The fourth-order valence-corrected chi connectivity index (χ4v) is 3.09. The van der Waals surface area contributed by atoms with Gasteiger partial charge < -0.3 is 10.3 Å². The molecule has 2 heterocycles. The first-order chi connectivity index (χ1) is 9.31. The maximum absolute atomic E-state index is 4.06. The number of halogens is 2. The predicted octanol–water partition coefficient (Wildman–Crippen LogP) is 3.45. The Balaban J connectivity index is 0.00000110. The summed E-state index contributed by atoms with van der Waals surface area (Å²) in [5.74, 6) is 0. The van der Waals surface area contributed by atoms with E-state index in [0.29, 0.717) is 6.04 Å². The molecule has 3 rings (SSSR count). The number of aromatic amines is 1. The average molecular weight is 328 g/mol. The van der Waals surface area contributed by atoms with Crippen molar-refractivity contribution < 1.29 is 0 Å². The second-order valence-electron chi connectivity index (χ2n) is 5.18. The highest BCUT2D eigenvalue weighted by Gasteiger charge is 2.23. The molecule has 5 heteroatoms. The molecular formula is C16H23Cl2N3. The van der Waals surface area contributed by atoms with Crippen molar-refractivity contribution in [3.05, 3.63) is 48.2 Å². The summed E-state index contributed by atoms with van der Waals surface area (Å²) < 4.78 is 0. The van der Waals surface area contributed by atoms with Gasteiger partial charge in [0.05, 0.1) is 6.04 Å². The summed E-state index contributed by atoms with van der Waals surface area (Å²) >= 11 is 0. The van der Waals surface area contributed by atoms with E-state index in [4.69, 9.17) is 0 Å². The largest absolute Gasteiger partial charge is 0.358 e. The number of nitrogens with zero attached hydrogens (tertiary/aromatic N) is 1. The van der Waals surface area contributed by atoms with E-state index in [1.807, 2.05) is 0 Å². The lowest BCUT2D eigenvalue weighted by Gasteiger charge is -2.33. The van der Waals surface area contributed by atoms with Gasteiger partial charge in [-0.05, 0) is 13.0 Å². The lowest BCUT2D eigenvalue weighted by Crippen LogP contribution is -2.44. The number of H-pyrrole nitrogens is 1. The topological polar surface area (TPSA) is 31.1 Å². The molecule has 1 saturated heterocycles. The van der Waals surface area contributed by atoms with Crippen molar-refractivity contribution in [3.8, 4) is 0 Å². The number of aromatic nitrogens is 1. The minimum Gasteiger partial charge on any atom is -0.358 e. The highest BCUT2D eigenvalue weighted by molar-refractivity contribution is 5.86. The molecule has 1 aliphatic rings. The van der Waals surface area contributed by atoms with E-state index in [2.05, 4.69) is 59.0 Å². The van der Waals surface area contributed by atoms with Crippen molar-refractivity contribution in [2.24, 2.45) is 0 Å². The van der Waals surface area contributed by atoms with E-state index >= 15 is 0 Å². The van der Waals surface area contributed by atoms with Crippen LogP contribution in [0.25, 0.3) is 10.9 Å². The van der Waals surface area contributed by atoms with Crippen LogP contribution in [-0.2, 0) is 0 Å². The van der Waals surface area contributed by atoms with Crippen LogP contribution in [0.3, 0.4) is 0 Å². The number of nitrogens with one attached hydrogen (secondary N) is 2. The van der Waals surface area contributed by atoms with Gasteiger partial charge in [-0.3, -0.25) is 4.90 Å². The van der Waals surface area contributed by atoms with Gasteiger partial charge in [0.1, 0.15) is 0 Å². The summed E-state index contributed by atoms with van der Waals surface area (Å²) in [6.45, 7) is 10.5.